The van der Waals surface area contributed by atoms with Gasteiger partial charge in [0.05, 0.1) is 5.69 Å². The zero-order valence-corrected chi connectivity index (χ0v) is 31.3. The Morgan fingerprint density at radius 3 is 2.39 bits per heavy atom. The Bertz CT molecular complexity index is 2230. The Morgan fingerprint density at radius 1 is 0.816 bits per heavy atom. The fourth-order valence-electron chi connectivity index (χ4n) is 7.18. The van der Waals surface area contributed by atoms with Gasteiger partial charge in [0, 0.05) is 34.5 Å². The number of hydrogen-bond acceptors (Lipinski definition) is 3. The van der Waals surface area contributed by atoms with Gasteiger partial charge in [-0.05, 0) is 85.0 Å². The predicted molar refractivity (Wildman–Crippen MR) is 197 cm³/mol. The van der Waals surface area contributed by atoms with E-state index in [1.165, 1.54) is 30.2 Å². The molecule has 2 unspecified atom stereocenters. The first-order valence-electron chi connectivity index (χ1n) is 17.1. The molecule has 0 aliphatic heterocycles. The average Bonchev–Trinajstić information content (AvgIpc) is 3.57. The van der Waals surface area contributed by atoms with Gasteiger partial charge in [0.25, 0.3) is 0 Å². The molecule has 0 saturated carbocycles. The summed E-state index contributed by atoms with van der Waals surface area (Å²) < 4.78 is 10.6. The zero-order chi connectivity index (χ0) is 33.4. The maximum Gasteiger partial charge on any atom is 2.00 e. The van der Waals surface area contributed by atoms with Crippen LogP contribution in [0, 0.1) is 38.8 Å². The minimum Gasteiger partial charge on any atom is -0.509 e. The van der Waals surface area contributed by atoms with Gasteiger partial charge in [-0.3, -0.25) is 4.68 Å². The van der Waals surface area contributed by atoms with Crippen molar-refractivity contribution in [1.82, 2.24) is 19.3 Å². The predicted octanol–water partition coefficient (Wildman–Crippen LogP) is 11.3. The smallest absolute Gasteiger partial charge is 0.509 e. The molecule has 0 aliphatic rings. The van der Waals surface area contributed by atoms with E-state index < -0.39 is 0 Å². The SMILES string of the molecule is CCCC(C)CC(C)c1ccc2c(c1)c1ccc(Oc3[c-]c(-n4nc(C)c(-c5ccccc5)c4C)ccc3)[c-]c1n2-c1cc(C)ccn1.[Pt+2]. The molecule has 250 valence electrons. The molecule has 0 bridgehead atoms. The molecule has 7 rings (SSSR count). The molecule has 6 heteroatoms. The molecule has 5 nitrogen and oxygen atoms in total. The van der Waals surface area contributed by atoms with Gasteiger partial charge < -0.3 is 9.30 Å². The van der Waals surface area contributed by atoms with Gasteiger partial charge in [-0.25, -0.2) is 4.98 Å². The summed E-state index contributed by atoms with van der Waals surface area (Å²) in [4.78, 5) is 4.78. The number of hydrogen-bond donors (Lipinski definition) is 0. The first kappa shape index (κ1) is 34.4. The number of fused-ring (bicyclic) bond motifs is 3. The van der Waals surface area contributed by atoms with Crippen LogP contribution in [0.3, 0.4) is 0 Å². The summed E-state index contributed by atoms with van der Waals surface area (Å²) in [5.74, 6) is 3.27. The quantitative estimate of drug-likeness (QED) is 0.129. The maximum atomic E-state index is 6.46. The number of rotatable bonds is 10. The van der Waals surface area contributed by atoms with Gasteiger partial charge in [-0.1, -0.05) is 81.6 Å². The second-order valence-corrected chi connectivity index (χ2v) is 13.2. The van der Waals surface area contributed by atoms with Crippen molar-refractivity contribution in [1.29, 1.82) is 0 Å². The summed E-state index contributed by atoms with van der Waals surface area (Å²) in [6.45, 7) is 13.2. The fraction of sp³-hybridized carbons (Fsp3) is 0.256. The maximum absolute atomic E-state index is 6.46. The van der Waals surface area contributed by atoms with Crippen LogP contribution < -0.4 is 4.74 Å². The molecule has 0 aliphatic carbocycles. The van der Waals surface area contributed by atoms with Crippen LogP contribution in [0.5, 0.6) is 11.5 Å². The van der Waals surface area contributed by atoms with E-state index in [1.54, 1.807) is 0 Å². The zero-order valence-electron chi connectivity index (χ0n) is 29.0. The molecule has 2 atom stereocenters. The largest absolute Gasteiger partial charge is 2.00 e. The summed E-state index contributed by atoms with van der Waals surface area (Å²) in [5.41, 5.74) is 9.72. The number of nitrogens with zero attached hydrogens (tertiary/aromatic N) is 4. The van der Waals surface area contributed by atoms with E-state index in [1.807, 2.05) is 47.3 Å². The summed E-state index contributed by atoms with van der Waals surface area (Å²) >= 11 is 0. The van der Waals surface area contributed by atoms with E-state index in [9.17, 15) is 0 Å². The number of benzene rings is 4. The van der Waals surface area contributed by atoms with Crippen LogP contribution >= 0.6 is 0 Å². The summed E-state index contributed by atoms with van der Waals surface area (Å²) in [7, 11) is 0. The van der Waals surface area contributed by atoms with Crippen LogP contribution in [-0.4, -0.2) is 19.3 Å². The standard InChI is InChI=1S/C43H42N4O.Pt/c1-7-12-28(2)23-30(4)34-17-20-40-39(25-34)38-19-18-37(27-41(38)46(40)42-24-29(3)21-22-44-42)48-36-16-11-15-35(26-36)47-32(6)43(31(5)45-47)33-13-9-8-10-14-33;/h8-11,13-22,24-25,28,30H,7,12,23H2,1-6H3;/q-2;+2. The second-order valence-electron chi connectivity index (χ2n) is 13.2. The molecular weight excluding hydrogens is 784 g/mol. The third kappa shape index (κ3) is 6.87. The molecule has 0 N–H and O–H groups in total. The van der Waals surface area contributed by atoms with Crippen molar-refractivity contribution >= 4 is 21.8 Å². The van der Waals surface area contributed by atoms with Gasteiger partial charge in [-0.15, -0.1) is 35.7 Å². The van der Waals surface area contributed by atoms with Gasteiger partial charge in [-0.2, -0.15) is 17.2 Å². The van der Waals surface area contributed by atoms with Gasteiger partial charge >= 0.3 is 21.1 Å². The second kappa shape index (κ2) is 14.6. The van der Waals surface area contributed by atoms with Gasteiger partial charge in [0.15, 0.2) is 0 Å². The Morgan fingerprint density at radius 2 is 1.61 bits per heavy atom. The number of pyridine rings is 1. The Kier molecular flexibility index (Phi) is 10.2. The summed E-state index contributed by atoms with van der Waals surface area (Å²) in [6.07, 6.45) is 5.54. The molecule has 0 fully saturated rings. The number of aromatic nitrogens is 4. The van der Waals surface area contributed by atoms with Crippen molar-refractivity contribution in [3.63, 3.8) is 0 Å². The summed E-state index contributed by atoms with van der Waals surface area (Å²) in [5, 5.41) is 7.21. The molecule has 7 aromatic rings. The van der Waals surface area contributed by atoms with Crippen LogP contribution in [-0.2, 0) is 21.1 Å². The third-order valence-electron chi connectivity index (χ3n) is 9.46. The van der Waals surface area contributed by atoms with E-state index in [-0.39, 0.29) is 21.1 Å². The van der Waals surface area contributed by atoms with E-state index >= 15 is 0 Å². The molecule has 49 heavy (non-hydrogen) atoms. The van der Waals surface area contributed by atoms with E-state index in [0.29, 0.717) is 23.3 Å². The first-order valence-corrected chi connectivity index (χ1v) is 17.1. The van der Waals surface area contributed by atoms with Crippen molar-refractivity contribution in [3.05, 3.63) is 132 Å². The Balaban J connectivity index is 0.00000417. The van der Waals surface area contributed by atoms with Crippen molar-refractivity contribution in [2.24, 2.45) is 5.92 Å². The third-order valence-corrected chi connectivity index (χ3v) is 9.46. The topological polar surface area (TPSA) is 44.9 Å². The molecule has 3 heterocycles. The molecule has 0 radical (unpaired) electrons. The average molecular weight is 826 g/mol. The minimum absolute atomic E-state index is 0. The van der Waals surface area contributed by atoms with Gasteiger partial charge in [0.2, 0.25) is 0 Å². The molecule has 4 aromatic carbocycles. The van der Waals surface area contributed by atoms with Crippen LogP contribution in [0.4, 0.5) is 0 Å². The normalized spacial score (nSPS) is 12.6. The van der Waals surface area contributed by atoms with Crippen molar-refractivity contribution in [2.45, 2.75) is 66.7 Å². The number of ether oxygens (including phenoxy) is 1. The van der Waals surface area contributed by atoms with Crippen molar-refractivity contribution < 1.29 is 25.8 Å². The van der Waals surface area contributed by atoms with E-state index in [2.05, 4.69) is 113 Å². The van der Waals surface area contributed by atoms with E-state index in [0.717, 1.165) is 56.0 Å². The van der Waals surface area contributed by atoms with Gasteiger partial charge in [0.1, 0.15) is 5.82 Å². The fourth-order valence-corrected chi connectivity index (χ4v) is 7.18. The minimum atomic E-state index is 0. The molecule has 3 aromatic heterocycles. The first-order chi connectivity index (χ1) is 23.3. The van der Waals surface area contributed by atoms with Crippen LogP contribution in [0.1, 0.15) is 68.5 Å². The Hall–Kier alpha value is -4.47. The van der Waals surface area contributed by atoms with Crippen LogP contribution in [0.2, 0.25) is 0 Å². The summed E-state index contributed by atoms with van der Waals surface area (Å²) in [6, 6.07) is 38.6. The van der Waals surface area contributed by atoms with Crippen LogP contribution in [0.15, 0.2) is 97.2 Å². The number of aryl methyl sites for hydroxylation is 2. The van der Waals surface area contributed by atoms with E-state index in [4.69, 9.17) is 14.8 Å². The molecule has 0 amide bonds. The Labute approximate surface area is 304 Å². The van der Waals surface area contributed by atoms with Crippen molar-refractivity contribution in [2.75, 3.05) is 0 Å². The van der Waals surface area contributed by atoms with Crippen molar-refractivity contribution in [3.8, 4) is 34.1 Å². The monoisotopic (exact) mass is 825 g/mol. The molecule has 0 spiro atoms. The van der Waals surface area contributed by atoms with Crippen LogP contribution in [0.25, 0.3) is 44.4 Å². The molecule has 0 saturated heterocycles. The molecular formula is C43H42N4OPt.